The number of thiophene rings is 1. The van der Waals surface area contributed by atoms with Crippen LogP contribution in [-0.2, 0) is 6.54 Å². The van der Waals surface area contributed by atoms with Gasteiger partial charge in [-0.2, -0.15) is 8.78 Å². The minimum atomic E-state index is -2.91. The van der Waals surface area contributed by atoms with Crippen LogP contribution in [0.2, 0.25) is 0 Å². The highest BCUT2D eigenvalue weighted by molar-refractivity contribution is 9.10. The number of halogens is 3. The molecule has 106 valence electrons. The van der Waals surface area contributed by atoms with Crippen molar-refractivity contribution in [1.82, 2.24) is 5.32 Å². The Balaban J connectivity index is 2.00. The predicted molar refractivity (Wildman–Crippen MR) is 76.3 cm³/mol. The first kappa shape index (κ1) is 14.9. The van der Waals surface area contributed by atoms with Crippen molar-refractivity contribution in [3.63, 3.8) is 0 Å². The Morgan fingerprint density at radius 3 is 2.85 bits per heavy atom. The zero-order valence-electron chi connectivity index (χ0n) is 10.1. The van der Waals surface area contributed by atoms with Gasteiger partial charge >= 0.3 is 6.61 Å². The van der Waals surface area contributed by atoms with Gasteiger partial charge in [-0.3, -0.25) is 4.79 Å². The average Bonchev–Trinajstić information content (AvgIpc) is 2.81. The molecule has 0 spiro atoms. The molecule has 7 heteroatoms. The van der Waals surface area contributed by atoms with Crippen LogP contribution in [0, 0.1) is 0 Å². The maximum atomic E-state index is 12.1. The second-order valence-electron chi connectivity index (χ2n) is 3.78. The van der Waals surface area contributed by atoms with E-state index >= 15 is 0 Å². The molecule has 0 aliphatic heterocycles. The summed E-state index contributed by atoms with van der Waals surface area (Å²) in [5.41, 5.74) is 0.274. The Kier molecular flexibility index (Phi) is 5.08. The van der Waals surface area contributed by atoms with Gasteiger partial charge in [-0.05, 0) is 45.6 Å². The van der Waals surface area contributed by atoms with Crippen molar-refractivity contribution < 1.29 is 18.3 Å². The number of amides is 1. The van der Waals surface area contributed by atoms with Crippen molar-refractivity contribution >= 4 is 33.2 Å². The summed E-state index contributed by atoms with van der Waals surface area (Å²) >= 11 is 4.88. The third-order valence-electron chi connectivity index (χ3n) is 2.42. The van der Waals surface area contributed by atoms with Crippen LogP contribution in [0.15, 0.2) is 40.2 Å². The monoisotopic (exact) mass is 361 g/mol. The van der Waals surface area contributed by atoms with E-state index in [0.29, 0.717) is 6.54 Å². The highest BCUT2D eigenvalue weighted by atomic mass is 79.9. The average molecular weight is 362 g/mol. The minimum absolute atomic E-state index is 0.0371. The number of ether oxygens (including phenoxy) is 1. The van der Waals surface area contributed by atoms with Crippen molar-refractivity contribution in [2.45, 2.75) is 13.2 Å². The lowest BCUT2D eigenvalue weighted by atomic mass is 10.2. The van der Waals surface area contributed by atoms with Crippen molar-refractivity contribution in [2.24, 2.45) is 0 Å². The lowest BCUT2D eigenvalue weighted by Gasteiger charge is -2.07. The van der Waals surface area contributed by atoms with Crippen LogP contribution in [0.3, 0.4) is 0 Å². The molecule has 0 aliphatic rings. The van der Waals surface area contributed by atoms with Crippen molar-refractivity contribution in [2.75, 3.05) is 0 Å². The van der Waals surface area contributed by atoms with Crippen molar-refractivity contribution in [1.29, 1.82) is 0 Å². The van der Waals surface area contributed by atoms with Gasteiger partial charge in [-0.15, -0.1) is 11.3 Å². The fourth-order valence-corrected chi connectivity index (χ4v) is 2.96. The van der Waals surface area contributed by atoms with Crippen LogP contribution in [0.5, 0.6) is 5.75 Å². The molecule has 1 heterocycles. The second kappa shape index (κ2) is 6.81. The number of benzene rings is 1. The molecule has 20 heavy (non-hydrogen) atoms. The first-order valence-corrected chi connectivity index (χ1v) is 7.28. The number of nitrogens with one attached hydrogen (secondary N) is 1. The fraction of sp³-hybridized carbons (Fsp3) is 0.154. The van der Waals surface area contributed by atoms with Gasteiger partial charge in [-0.1, -0.05) is 6.07 Å². The molecule has 2 rings (SSSR count). The van der Waals surface area contributed by atoms with Gasteiger partial charge in [0.15, 0.2) is 0 Å². The minimum Gasteiger partial charge on any atom is -0.435 e. The third-order valence-corrected chi connectivity index (χ3v) is 4.35. The van der Waals surface area contributed by atoms with Crippen LogP contribution in [0.1, 0.15) is 15.2 Å². The highest BCUT2D eigenvalue weighted by Gasteiger charge is 2.10. The number of carbonyl (C=O) groups is 1. The third kappa shape index (κ3) is 4.01. The van der Waals surface area contributed by atoms with Crippen LogP contribution >= 0.6 is 27.3 Å². The summed E-state index contributed by atoms with van der Waals surface area (Å²) in [4.78, 5) is 12.9. The molecular weight excluding hydrogens is 352 g/mol. The summed E-state index contributed by atoms with van der Waals surface area (Å²) in [6.07, 6.45) is 0. The summed E-state index contributed by atoms with van der Waals surface area (Å²) in [5, 5.41) is 4.63. The van der Waals surface area contributed by atoms with Gasteiger partial charge in [0.2, 0.25) is 0 Å². The lowest BCUT2D eigenvalue weighted by Crippen LogP contribution is -2.22. The highest BCUT2D eigenvalue weighted by Crippen LogP contribution is 2.22. The predicted octanol–water partition coefficient (Wildman–Crippen LogP) is 4.04. The van der Waals surface area contributed by atoms with Crippen molar-refractivity contribution in [3.8, 4) is 5.75 Å². The molecule has 0 saturated heterocycles. The summed E-state index contributed by atoms with van der Waals surface area (Å²) in [6, 6.07) is 7.58. The van der Waals surface area contributed by atoms with Crippen LogP contribution < -0.4 is 10.1 Å². The zero-order valence-corrected chi connectivity index (χ0v) is 12.5. The summed E-state index contributed by atoms with van der Waals surface area (Å²) in [5.74, 6) is -0.380. The van der Waals surface area contributed by atoms with E-state index in [0.717, 1.165) is 9.35 Å². The van der Waals surface area contributed by atoms with E-state index in [1.807, 2.05) is 11.4 Å². The lowest BCUT2D eigenvalue weighted by molar-refractivity contribution is -0.0498. The van der Waals surface area contributed by atoms with E-state index in [2.05, 4.69) is 26.0 Å². The van der Waals surface area contributed by atoms with Gasteiger partial charge < -0.3 is 10.1 Å². The SMILES string of the molecule is O=C(NCc1sccc1Br)c1cccc(OC(F)F)c1. The summed E-state index contributed by atoms with van der Waals surface area (Å²) in [7, 11) is 0. The number of hydrogen-bond donors (Lipinski definition) is 1. The standard InChI is InChI=1S/C13H10BrF2NO2S/c14-10-4-5-20-11(10)7-17-12(18)8-2-1-3-9(6-8)19-13(15)16/h1-6,13H,7H2,(H,17,18). The molecule has 0 aliphatic carbocycles. The largest absolute Gasteiger partial charge is 0.435 e. The molecule has 0 radical (unpaired) electrons. The normalized spacial score (nSPS) is 10.6. The van der Waals surface area contributed by atoms with Crippen LogP contribution in [0.4, 0.5) is 8.78 Å². The van der Waals surface area contributed by atoms with Crippen molar-refractivity contribution in [3.05, 3.63) is 50.6 Å². The molecule has 0 unspecified atom stereocenters. The number of carbonyl (C=O) groups excluding carboxylic acids is 1. The fourth-order valence-electron chi connectivity index (χ4n) is 1.53. The molecule has 2 aromatic rings. The molecule has 0 atom stereocenters. The number of alkyl halides is 2. The summed E-state index contributed by atoms with van der Waals surface area (Å²) in [6.45, 7) is -2.54. The molecule has 1 aromatic carbocycles. The molecule has 1 aromatic heterocycles. The Hall–Kier alpha value is -1.47. The quantitative estimate of drug-likeness (QED) is 0.872. The van der Waals surface area contributed by atoms with E-state index in [4.69, 9.17) is 0 Å². The van der Waals surface area contributed by atoms with Gasteiger partial charge in [0.25, 0.3) is 5.91 Å². The maximum absolute atomic E-state index is 12.1. The first-order valence-electron chi connectivity index (χ1n) is 5.61. The van der Waals surface area contributed by atoms with Gasteiger partial charge in [0.05, 0.1) is 6.54 Å². The Morgan fingerprint density at radius 2 is 2.20 bits per heavy atom. The zero-order chi connectivity index (χ0) is 14.5. The molecule has 1 amide bonds. The van der Waals surface area contributed by atoms with E-state index in [-0.39, 0.29) is 17.2 Å². The van der Waals surface area contributed by atoms with E-state index in [1.54, 1.807) is 0 Å². The second-order valence-corrected chi connectivity index (χ2v) is 5.64. The van der Waals surface area contributed by atoms with Gasteiger partial charge in [0, 0.05) is 14.9 Å². The van der Waals surface area contributed by atoms with E-state index < -0.39 is 6.61 Å². The Morgan fingerprint density at radius 1 is 1.40 bits per heavy atom. The molecule has 1 N–H and O–H groups in total. The smallest absolute Gasteiger partial charge is 0.387 e. The molecule has 3 nitrogen and oxygen atoms in total. The van der Waals surface area contributed by atoms with Crippen LogP contribution in [-0.4, -0.2) is 12.5 Å². The molecule has 0 fully saturated rings. The van der Waals surface area contributed by atoms with Crippen LogP contribution in [0.25, 0.3) is 0 Å². The topological polar surface area (TPSA) is 38.3 Å². The van der Waals surface area contributed by atoms with Gasteiger partial charge in [0.1, 0.15) is 5.75 Å². The van der Waals surface area contributed by atoms with Gasteiger partial charge in [-0.25, -0.2) is 0 Å². The van der Waals surface area contributed by atoms with E-state index in [9.17, 15) is 13.6 Å². The maximum Gasteiger partial charge on any atom is 0.387 e. The first-order chi connectivity index (χ1) is 9.56. The molecular formula is C13H10BrF2NO2S. The Bertz CT molecular complexity index is 604. The summed E-state index contributed by atoms with van der Waals surface area (Å²) < 4.78 is 29.4. The Labute approximate surface area is 126 Å². The van der Waals surface area contributed by atoms with E-state index in [1.165, 1.54) is 35.6 Å². The number of hydrogen-bond acceptors (Lipinski definition) is 3. The molecule has 0 bridgehead atoms. The molecule has 0 saturated carbocycles. The number of rotatable bonds is 5.